The predicted octanol–water partition coefficient (Wildman–Crippen LogP) is 2.85. The summed E-state index contributed by atoms with van der Waals surface area (Å²) in [6, 6.07) is 9.26. The van der Waals surface area contributed by atoms with Gasteiger partial charge in [0, 0.05) is 37.1 Å². The predicted molar refractivity (Wildman–Crippen MR) is 94.4 cm³/mol. The molecule has 1 fully saturated rings. The van der Waals surface area contributed by atoms with E-state index in [4.69, 9.17) is 4.52 Å². The van der Waals surface area contributed by atoms with Crippen molar-refractivity contribution in [2.24, 2.45) is 0 Å². The topological polar surface area (TPSA) is 85.0 Å². The van der Waals surface area contributed by atoms with Crippen molar-refractivity contribution in [3.8, 4) is 11.6 Å². The highest BCUT2D eigenvalue weighted by Gasteiger charge is 2.27. The lowest BCUT2D eigenvalue weighted by molar-refractivity contribution is 0.0710. The third-order valence-electron chi connectivity index (χ3n) is 4.63. The van der Waals surface area contributed by atoms with E-state index >= 15 is 0 Å². The van der Waals surface area contributed by atoms with Crippen molar-refractivity contribution in [2.75, 3.05) is 13.1 Å². The normalized spacial score (nSPS) is 15.2. The van der Waals surface area contributed by atoms with E-state index in [0.717, 1.165) is 18.5 Å². The van der Waals surface area contributed by atoms with Gasteiger partial charge in [-0.1, -0.05) is 11.2 Å². The zero-order valence-corrected chi connectivity index (χ0v) is 14.5. The lowest BCUT2D eigenvalue weighted by Crippen LogP contribution is -2.38. The summed E-state index contributed by atoms with van der Waals surface area (Å²) in [4.78, 5) is 27.4. The van der Waals surface area contributed by atoms with Crippen molar-refractivity contribution in [1.29, 1.82) is 0 Å². The number of pyridine rings is 2. The fourth-order valence-corrected chi connectivity index (χ4v) is 3.11. The van der Waals surface area contributed by atoms with Gasteiger partial charge in [0.1, 0.15) is 5.69 Å². The van der Waals surface area contributed by atoms with Crippen LogP contribution in [0.15, 0.2) is 47.2 Å². The van der Waals surface area contributed by atoms with E-state index in [9.17, 15) is 4.79 Å². The minimum absolute atomic E-state index is 0.0261. The Bertz CT molecular complexity index is 884. The third kappa shape index (κ3) is 3.33. The molecule has 0 N–H and O–H groups in total. The van der Waals surface area contributed by atoms with Crippen LogP contribution in [0.2, 0.25) is 0 Å². The van der Waals surface area contributed by atoms with Crippen LogP contribution >= 0.6 is 0 Å². The number of likely N-dealkylation sites (tertiary alicyclic amines) is 1. The molecule has 26 heavy (non-hydrogen) atoms. The molecular formula is C19H19N5O2. The number of carbonyl (C=O) groups excluding carboxylic acids is 1. The van der Waals surface area contributed by atoms with Gasteiger partial charge in [-0.15, -0.1) is 0 Å². The summed E-state index contributed by atoms with van der Waals surface area (Å²) < 4.78 is 5.35. The van der Waals surface area contributed by atoms with Crippen LogP contribution in [0.1, 0.15) is 40.6 Å². The van der Waals surface area contributed by atoms with Crippen LogP contribution in [-0.4, -0.2) is 44.0 Å². The Morgan fingerprint density at radius 1 is 1.15 bits per heavy atom. The molecule has 0 bridgehead atoms. The summed E-state index contributed by atoms with van der Waals surface area (Å²) in [6.45, 7) is 3.25. The van der Waals surface area contributed by atoms with Crippen LogP contribution in [0, 0.1) is 6.92 Å². The average molecular weight is 349 g/mol. The molecule has 4 heterocycles. The Balaban J connectivity index is 1.40. The van der Waals surface area contributed by atoms with Crippen LogP contribution < -0.4 is 0 Å². The smallest absolute Gasteiger partial charge is 0.276 e. The lowest BCUT2D eigenvalue weighted by Gasteiger charge is -2.30. The van der Waals surface area contributed by atoms with Gasteiger partial charge >= 0.3 is 0 Å². The van der Waals surface area contributed by atoms with E-state index in [0.29, 0.717) is 36.1 Å². The zero-order valence-electron chi connectivity index (χ0n) is 14.5. The Kier molecular flexibility index (Phi) is 4.43. The van der Waals surface area contributed by atoms with Crippen molar-refractivity contribution in [3.05, 3.63) is 59.8 Å². The summed E-state index contributed by atoms with van der Waals surface area (Å²) in [5.74, 6) is 1.34. The Hall–Kier alpha value is -3.09. The summed E-state index contributed by atoms with van der Waals surface area (Å²) in [5.41, 5.74) is 2.21. The van der Waals surface area contributed by atoms with E-state index in [2.05, 4.69) is 20.1 Å². The molecule has 0 radical (unpaired) electrons. The highest BCUT2D eigenvalue weighted by atomic mass is 16.5. The molecule has 132 valence electrons. The molecule has 3 aromatic heterocycles. The van der Waals surface area contributed by atoms with E-state index < -0.39 is 0 Å². The number of hydrogen-bond donors (Lipinski definition) is 0. The van der Waals surface area contributed by atoms with E-state index in [-0.39, 0.29) is 11.8 Å². The van der Waals surface area contributed by atoms with Gasteiger partial charge < -0.3 is 9.42 Å². The highest BCUT2D eigenvalue weighted by Crippen LogP contribution is 2.28. The minimum atomic E-state index is 0.0261. The van der Waals surface area contributed by atoms with Crippen LogP contribution in [0.5, 0.6) is 0 Å². The van der Waals surface area contributed by atoms with Gasteiger partial charge in [-0.25, -0.2) is 0 Å². The number of rotatable bonds is 3. The van der Waals surface area contributed by atoms with Gasteiger partial charge in [-0.05, 0) is 44.0 Å². The second kappa shape index (κ2) is 7.03. The third-order valence-corrected chi connectivity index (χ3v) is 4.63. The highest BCUT2D eigenvalue weighted by molar-refractivity contribution is 5.94. The van der Waals surface area contributed by atoms with Crippen molar-refractivity contribution < 1.29 is 9.32 Å². The summed E-state index contributed by atoms with van der Waals surface area (Å²) in [6.07, 6.45) is 4.96. The Morgan fingerprint density at radius 3 is 2.69 bits per heavy atom. The van der Waals surface area contributed by atoms with Gasteiger partial charge in [-0.2, -0.15) is 4.98 Å². The minimum Gasteiger partial charge on any atom is -0.339 e. The first kappa shape index (κ1) is 16.4. The number of aryl methyl sites for hydroxylation is 1. The van der Waals surface area contributed by atoms with Gasteiger partial charge in [0.15, 0.2) is 5.82 Å². The molecule has 4 rings (SSSR count). The average Bonchev–Trinajstić information content (AvgIpc) is 3.19. The van der Waals surface area contributed by atoms with E-state index in [1.807, 2.05) is 42.2 Å². The molecule has 0 saturated carbocycles. The first-order chi connectivity index (χ1) is 12.7. The van der Waals surface area contributed by atoms with Gasteiger partial charge in [0.25, 0.3) is 11.8 Å². The van der Waals surface area contributed by atoms with Crippen molar-refractivity contribution in [3.63, 3.8) is 0 Å². The van der Waals surface area contributed by atoms with Crippen molar-refractivity contribution >= 4 is 5.91 Å². The number of aromatic nitrogens is 4. The molecule has 0 atom stereocenters. The molecule has 0 unspecified atom stereocenters. The van der Waals surface area contributed by atoms with Crippen molar-refractivity contribution in [2.45, 2.75) is 25.7 Å². The monoisotopic (exact) mass is 349 g/mol. The standard InChI is InChI=1S/C19H19N5O2/c1-13-5-6-15(12-21-13)19(25)24-10-7-14(8-11-24)17-22-18(26-23-17)16-4-2-3-9-20-16/h2-6,9,12,14H,7-8,10-11H2,1H3. The molecule has 1 amide bonds. The molecule has 1 aliphatic heterocycles. The maximum absolute atomic E-state index is 12.6. The van der Waals surface area contributed by atoms with Crippen LogP contribution in [0.3, 0.4) is 0 Å². The van der Waals surface area contributed by atoms with Crippen LogP contribution in [0.25, 0.3) is 11.6 Å². The van der Waals surface area contributed by atoms with E-state index in [1.54, 1.807) is 12.4 Å². The Morgan fingerprint density at radius 2 is 2.00 bits per heavy atom. The second-order valence-corrected chi connectivity index (χ2v) is 6.43. The molecule has 1 aliphatic rings. The lowest BCUT2D eigenvalue weighted by atomic mass is 9.96. The number of piperidine rings is 1. The zero-order chi connectivity index (χ0) is 17.9. The second-order valence-electron chi connectivity index (χ2n) is 6.43. The summed E-state index contributed by atoms with van der Waals surface area (Å²) in [5, 5.41) is 4.11. The number of carbonyl (C=O) groups is 1. The fourth-order valence-electron chi connectivity index (χ4n) is 3.11. The number of amides is 1. The summed E-state index contributed by atoms with van der Waals surface area (Å²) >= 11 is 0. The first-order valence-corrected chi connectivity index (χ1v) is 8.67. The van der Waals surface area contributed by atoms with E-state index in [1.165, 1.54) is 0 Å². The summed E-state index contributed by atoms with van der Waals surface area (Å²) in [7, 11) is 0. The molecule has 7 heteroatoms. The molecule has 0 spiro atoms. The molecule has 7 nitrogen and oxygen atoms in total. The molecule has 0 aromatic carbocycles. The SMILES string of the molecule is Cc1ccc(C(=O)N2CCC(c3noc(-c4ccccn4)n3)CC2)cn1. The largest absolute Gasteiger partial charge is 0.339 e. The number of nitrogens with zero attached hydrogens (tertiary/aromatic N) is 5. The van der Waals surface area contributed by atoms with Gasteiger partial charge in [0.05, 0.1) is 5.56 Å². The molecule has 1 saturated heterocycles. The maximum atomic E-state index is 12.6. The molecule has 0 aliphatic carbocycles. The van der Waals surface area contributed by atoms with Crippen molar-refractivity contribution in [1.82, 2.24) is 25.0 Å². The van der Waals surface area contributed by atoms with Gasteiger partial charge in [-0.3, -0.25) is 14.8 Å². The van der Waals surface area contributed by atoms with Gasteiger partial charge in [0.2, 0.25) is 0 Å². The number of hydrogen-bond acceptors (Lipinski definition) is 6. The van der Waals surface area contributed by atoms with Crippen LogP contribution in [0.4, 0.5) is 0 Å². The quantitative estimate of drug-likeness (QED) is 0.723. The first-order valence-electron chi connectivity index (χ1n) is 8.67. The fraction of sp³-hybridized carbons (Fsp3) is 0.316. The Labute approximate surface area is 151 Å². The van der Waals surface area contributed by atoms with Crippen LogP contribution in [-0.2, 0) is 0 Å². The molecular weight excluding hydrogens is 330 g/mol. The maximum Gasteiger partial charge on any atom is 0.276 e. The molecule has 3 aromatic rings.